The van der Waals surface area contributed by atoms with Crippen LogP contribution in [-0.2, 0) is 9.53 Å². The standard InChI is InChI=1S/C19H17F2N5O3S/c20-12-4-5-15(13(21)8-12)29-10-18(27)26-6-7-28-16(9-26)14-2-1-3-17(23-14)24-19-25-22-11-30-19/h1-5,8,11,16H,6-7,9-10H2,(H,23,24,25)/t16-/m0/s1. The Balaban J connectivity index is 1.37. The SMILES string of the molecule is O=C(COc1ccc(F)cc1F)N1CCO[C@H](c2cccc(Nc3nncs3)n2)C1. The fourth-order valence-electron chi connectivity index (χ4n) is 2.92. The Morgan fingerprint density at radius 3 is 3.03 bits per heavy atom. The molecule has 3 heterocycles. The number of benzene rings is 1. The second-order valence-electron chi connectivity index (χ2n) is 6.38. The lowest BCUT2D eigenvalue weighted by atomic mass is 10.2. The molecule has 1 saturated heterocycles. The van der Waals surface area contributed by atoms with E-state index in [0.29, 0.717) is 35.9 Å². The minimum absolute atomic E-state index is 0.174. The van der Waals surface area contributed by atoms with Crippen molar-refractivity contribution in [3.8, 4) is 5.75 Å². The fraction of sp³-hybridized carbons (Fsp3) is 0.263. The molecule has 1 fully saturated rings. The highest BCUT2D eigenvalue weighted by Gasteiger charge is 2.27. The molecule has 30 heavy (non-hydrogen) atoms. The second kappa shape index (κ2) is 9.09. The highest BCUT2D eigenvalue weighted by atomic mass is 32.1. The van der Waals surface area contributed by atoms with Crippen LogP contribution in [0.5, 0.6) is 5.75 Å². The van der Waals surface area contributed by atoms with Crippen LogP contribution in [0.2, 0.25) is 0 Å². The van der Waals surface area contributed by atoms with E-state index in [-0.39, 0.29) is 24.8 Å². The molecule has 156 valence electrons. The van der Waals surface area contributed by atoms with Gasteiger partial charge in [-0.2, -0.15) is 0 Å². The van der Waals surface area contributed by atoms with Gasteiger partial charge in [-0.15, -0.1) is 10.2 Å². The summed E-state index contributed by atoms with van der Waals surface area (Å²) in [5, 5.41) is 11.4. The Bertz CT molecular complexity index is 1020. The van der Waals surface area contributed by atoms with Crippen molar-refractivity contribution in [1.29, 1.82) is 0 Å². The average molecular weight is 433 g/mol. The molecule has 11 heteroatoms. The third-order valence-corrected chi connectivity index (χ3v) is 4.97. The predicted octanol–water partition coefficient (Wildman–Crippen LogP) is 2.93. The van der Waals surface area contributed by atoms with Gasteiger partial charge in [0.1, 0.15) is 23.2 Å². The van der Waals surface area contributed by atoms with Crippen molar-refractivity contribution in [2.24, 2.45) is 0 Å². The number of nitrogens with zero attached hydrogens (tertiary/aromatic N) is 4. The summed E-state index contributed by atoms with van der Waals surface area (Å²) in [7, 11) is 0. The number of aromatic nitrogens is 3. The Hall–Kier alpha value is -3.18. The lowest BCUT2D eigenvalue weighted by Crippen LogP contribution is -2.44. The van der Waals surface area contributed by atoms with Gasteiger partial charge < -0.3 is 19.7 Å². The smallest absolute Gasteiger partial charge is 0.260 e. The van der Waals surface area contributed by atoms with E-state index in [1.807, 2.05) is 12.1 Å². The lowest BCUT2D eigenvalue weighted by molar-refractivity contribution is -0.141. The summed E-state index contributed by atoms with van der Waals surface area (Å²) in [5.41, 5.74) is 2.27. The van der Waals surface area contributed by atoms with Crippen LogP contribution in [0.1, 0.15) is 11.8 Å². The first-order valence-corrected chi connectivity index (χ1v) is 9.94. The van der Waals surface area contributed by atoms with E-state index in [4.69, 9.17) is 9.47 Å². The monoisotopic (exact) mass is 433 g/mol. The summed E-state index contributed by atoms with van der Waals surface area (Å²) in [4.78, 5) is 18.6. The zero-order valence-corrected chi connectivity index (χ0v) is 16.4. The van der Waals surface area contributed by atoms with Crippen LogP contribution in [0.3, 0.4) is 0 Å². The molecule has 1 aromatic carbocycles. The van der Waals surface area contributed by atoms with E-state index < -0.39 is 17.7 Å². The van der Waals surface area contributed by atoms with Crippen molar-refractivity contribution >= 4 is 28.2 Å². The molecule has 1 aliphatic rings. The van der Waals surface area contributed by atoms with Crippen molar-refractivity contribution in [2.45, 2.75) is 6.10 Å². The van der Waals surface area contributed by atoms with Crippen LogP contribution >= 0.6 is 11.3 Å². The van der Waals surface area contributed by atoms with Gasteiger partial charge in [0.05, 0.1) is 18.8 Å². The number of amides is 1. The molecule has 0 radical (unpaired) electrons. The average Bonchev–Trinajstić information content (AvgIpc) is 3.26. The van der Waals surface area contributed by atoms with Gasteiger partial charge in [-0.1, -0.05) is 17.4 Å². The van der Waals surface area contributed by atoms with E-state index in [1.54, 1.807) is 16.5 Å². The number of hydrogen-bond donors (Lipinski definition) is 1. The van der Waals surface area contributed by atoms with Gasteiger partial charge >= 0.3 is 0 Å². The van der Waals surface area contributed by atoms with Crippen molar-refractivity contribution in [2.75, 3.05) is 31.6 Å². The number of carbonyl (C=O) groups is 1. The number of nitrogens with one attached hydrogen (secondary N) is 1. The summed E-state index contributed by atoms with van der Waals surface area (Å²) >= 11 is 1.35. The van der Waals surface area contributed by atoms with E-state index >= 15 is 0 Å². The summed E-state index contributed by atoms with van der Waals surface area (Å²) in [6.45, 7) is 0.634. The Labute approximate surface area is 174 Å². The topological polar surface area (TPSA) is 89.5 Å². The Kier molecular flexibility index (Phi) is 6.10. The molecule has 1 N–H and O–H groups in total. The third-order valence-electron chi connectivity index (χ3n) is 4.36. The predicted molar refractivity (Wildman–Crippen MR) is 105 cm³/mol. The quantitative estimate of drug-likeness (QED) is 0.639. The van der Waals surface area contributed by atoms with Crippen LogP contribution in [0.15, 0.2) is 41.9 Å². The van der Waals surface area contributed by atoms with Crippen LogP contribution in [-0.4, -0.2) is 52.3 Å². The number of hydrogen-bond acceptors (Lipinski definition) is 8. The minimum atomic E-state index is -0.855. The molecule has 0 aliphatic carbocycles. The molecule has 1 aliphatic heterocycles. The largest absolute Gasteiger partial charge is 0.481 e. The van der Waals surface area contributed by atoms with E-state index in [2.05, 4.69) is 20.5 Å². The third kappa shape index (κ3) is 4.86. The molecule has 8 nitrogen and oxygen atoms in total. The van der Waals surface area contributed by atoms with Gasteiger partial charge in [0.15, 0.2) is 18.2 Å². The number of halogens is 2. The zero-order valence-electron chi connectivity index (χ0n) is 15.6. The number of carbonyl (C=O) groups excluding carboxylic acids is 1. The number of morpholine rings is 1. The summed E-state index contributed by atoms with van der Waals surface area (Å²) < 4.78 is 37.6. The molecule has 1 atom stereocenters. The first-order chi connectivity index (χ1) is 14.6. The maximum Gasteiger partial charge on any atom is 0.260 e. The molecule has 4 rings (SSSR count). The molecule has 1 amide bonds. The maximum atomic E-state index is 13.7. The van der Waals surface area contributed by atoms with Crippen molar-refractivity contribution in [3.63, 3.8) is 0 Å². The molecule has 3 aromatic rings. The van der Waals surface area contributed by atoms with E-state index in [1.165, 1.54) is 11.3 Å². The maximum absolute atomic E-state index is 13.7. The van der Waals surface area contributed by atoms with Gasteiger partial charge in [-0.3, -0.25) is 4.79 Å². The summed E-state index contributed by atoms with van der Waals surface area (Å²) in [6.07, 6.45) is -0.415. The van der Waals surface area contributed by atoms with E-state index in [9.17, 15) is 13.6 Å². The second-order valence-corrected chi connectivity index (χ2v) is 7.21. The zero-order chi connectivity index (χ0) is 20.9. The molecule has 0 unspecified atom stereocenters. The fourth-order valence-corrected chi connectivity index (χ4v) is 3.37. The minimum Gasteiger partial charge on any atom is -0.481 e. The van der Waals surface area contributed by atoms with Gasteiger partial charge in [0, 0.05) is 12.6 Å². The summed E-state index contributed by atoms with van der Waals surface area (Å²) in [5.74, 6) is -1.47. The lowest BCUT2D eigenvalue weighted by Gasteiger charge is -2.32. The van der Waals surface area contributed by atoms with E-state index in [0.717, 1.165) is 12.1 Å². The number of pyridine rings is 1. The number of ether oxygens (including phenoxy) is 2. The normalized spacial score (nSPS) is 16.3. The molecule has 0 spiro atoms. The molecule has 2 aromatic heterocycles. The van der Waals surface area contributed by atoms with Crippen molar-refractivity contribution in [1.82, 2.24) is 20.1 Å². The highest BCUT2D eigenvalue weighted by molar-refractivity contribution is 7.13. The first-order valence-electron chi connectivity index (χ1n) is 9.06. The first kappa shape index (κ1) is 20.1. The summed E-state index contributed by atoms with van der Waals surface area (Å²) in [6, 6.07) is 8.37. The highest BCUT2D eigenvalue weighted by Crippen LogP contribution is 2.24. The van der Waals surface area contributed by atoms with Crippen molar-refractivity contribution in [3.05, 3.63) is 59.2 Å². The van der Waals surface area contributed by atoms with Gasteiger partial charge in [0.2, 0.25) is 5.13 Å². The van der Waals surface area contributed by atoms with Crippen LogP contribution < -0.4 is 10.1 Å². The van der Waals surface area contributed by atoms with Gasteiger partial charge in [-0.25, -0.2) is 13.8 Å². The van der Waals surface area contributed by atoms with Crippen molar-refractivity contribution < 1.29 is 23.0 Å². The number of anilines is 2. The van der Waals surface area contributed by atoms with Crippen LogP contribution in [0.25, 0.3) is 0 Å². The van der Waals surface area contributed by atoms with Crippen LogP contribution in [0.4, 0.5) is 19.7 Å². The molecular weight excluding hydrogens is 416 g/mol. The van der Waals surface area contributed by atoms with Gasteiger partial charge in [0.25, 0.3) is 5.91 Å². The Morgan fingerprint density at radius 2 is 2.23 bits per heavy atom. The number of rotatable bonds is 6. The Morgan fingerprint density at radius 1 is 1.33 bits per heavy atom. The molecule has 0 bridgehead atoms. The molecular formula is C19H17F2N5O3S. The van der Waals surface area contributed by atoms with Gasteiger partial charge in [-0.05, 0) is 24.3 Å². The molecule has 0 saturated carbocycles. The van der Waals surface area contributed by atoms with Crippen LogP contribution in [0, 0.1) is 11.6 Å².